The van der Waals surface area contributed by atoms with Gasteiger partial charge in [0, 0.05) is 25.7 Å². The number of anilines is 2. The predicted molar refractivity (Wildman–Crippen MR) is 82.2 cm³/mol. The number of piperidine rings is 2. The van der Waals surface area contributed by atoms with Crippen LogP contribution < -0.4 is 15.5 Å². The molecule has 2 N–H and O–H groups in total. The summed E-state index contributed by atoms with van der Waals surface area (Å²) < 4.78 is 0. The van der Waals surface area contributed by atoms with Gasteiger partial charge in [-0.25, -0.2) is 9.97 Å². The van der Waals surface area contributed by atoms with Gasteiger partial charge in [0.05, 0.1) is 0 Å². The summed E-state index contributed by atoms with van der Waals surface area (Å²) in [5, 5.41) is 6.93. The first-order valence-electron chi connectivity index (χ1n) is 7.93. The van der Waals surface area contributed by atoms with E-state index in [1.807, 2.05) is 0 Å². The van der Waals surface area contributed by atoms with Gasteiger partial charge < -0.3 is 15.5 Å². The van der Waals surface area contributed by atoms with Crippen molar-refractivity contribution in [3.63, 3.8) is 0 Å². The molecule has 20 heavy (non-hydrogen) atoms. The lowest BCUT2D eigenvalue weighted by Crippen LogP contribution is -2.33. The normalized spacial score (nSPS) is 23.6. The van der Waals surface area contributed by atoms with Crippen LogP contribution in [0.3, 0.4) is 0 Å². The zero-order chi connectivity index (χ0) is 13.6. The highest BCUT2D eigenvalue weighted by Gasteiger charge is 2.14. The molecule has 1 atom stereocenters. The quantitative estimate of drug-likeness (QED) is 0.878. The average molecular weight is 275 g/mol. The monoisotopic (exact) mass is 275 g/mol. The smallest absolute Gasteiger partial charge is 0.134 e. The molecule has 110 valence electrons. The predicted octanol–water partition coefficient (Wildman–Crippen LogP) is 1.88. The van der Waals surface area contributed by atoms with E-state index in [0.717, 1.165) is 43.7 Å². The molecule has 1 aromatic heterocycles. The summed E-state index contributed by atoms with van der Waals surface area (Å²) in [6.45, 7) is 5.55. The number of nitrogens with one attached hydrogen (secondary N) is 2. The van der Waals surface area contributed by atoms with Gasteiger partial charge in [0.2, 0.25) is 0 Å². The number of hydrogen-bond donors (Lipinski definition) is 2. The summed E-state index contributed by atoms with van der Waals surface area (Å²) in [5.74, 6) is 2.76. The minimum absolute atomic E-state index is 0.720. The SMILES string of the molecule is c1nc(NCC2CCCNC2)cc(N2CCCCC2)n1. The lowest BCUT2D eigenvalue weighted by atomic mass is 10.00. The van der Waals surface area contributed by atoms with E-state index in [-0.39, 0.29) is 0 Å². The first-order chi connectivity index (χ1) is 9.92. The summed E-state index contributed by atoms with van der Waals surface area (Å²) in [6, 6.07) is 2.10. The Balaban J connectivity index is 1.56. The Morgan fingerprint density at radius 2 is 2.10 bits per heavy atom. The number of nitrogens with zero attached hydrogens (tertiary/aromatic N) is 3. The molecule has 1 unspecified atom stereocenters. The summed E-state index contributed by atoms with van der Waals surface area (Å²) in [5.41, 5.74) is 0. The Hall–Kier alpha value is -1.36. The molecule has 0 aliphatic carbocycles. The van der Waals surface area contributed by atoms with Crippen LogP contribution in [0.5, 0.6) is 0 Å². The Kier molecular flexibility index (Phi) is 4.69. The number of aromatic nitrogens is 2. The van der Waals surface area contributed by atoms with Crippen molar-refractivity contribution >= 4 is 11.6 Å². The van der Waals surface area contributed by atoms with E-state index in [1.54, 1.807) is 6.33 Å². The van der Waals surface area contributed by atoms with Crippen molar-refractivity contribution in [2.45, 2.75) is 32.1 Å². The van der Waals surface area contributed by atoms with Gasteiger partial charge in [-0.15, -0.1) is 0 Å². The topological polar surface area (TPSA) is 53.1 Å². The molecule has 0 amide bonds. The van der Waals surface area contributed by atoms with E-state index in [1.165, 1.54) is 38.6 Å². The van der Waals surface area contributed by atoms with Crippen molar-refractivity contribution < 1.29 is 0 Å². The highest BCUT2D eigenvalue weighted by Crippen LogP contribution is 2.19. The molecule has 3 heterocycles. The minimum Gasteiger partial charge on any atom is -0.370 e. The van der Waals surface area contributed by atoms with E-state index in [0.29, 0.717) is 0 Å². The van der Waals surface area contributed by atoms with Crippen LogP contribution in [0.25, 0.3) is 0 Å². The highest BCUT2D eigenvalue weighted by atomic mass is 15.2. The van der Waals surface area contributed by atoms with Crippen LogP contribution in [0.2, 0.25) is 0 Å². The van der Waals surface area contributed by atoms with E-state index < -0.39 is 0 Å². The van der Waals surface area contributed by atoms with Gasteiger partial charge in [-0.05, 0) is 51.1 Å². The lowest BCUT2D eigenvalue weighted by Gasteiger charge is -2.28. The van der Waals surface area contributed by atoms with Crippen molar-refractivity contribution in [2.75, 3.05) is 42.9 Å². The van der Waals surface area contributed by atoms with E-state index in [2.05, 4.69) is 31.6 Å². The third-order valence-electron chi connectivity index (χ3n) is 4.30. The summed E-state index contributed by atoms with van der Waals surface area (Å²) in [6.07, 6.45) is 8.19. The van der Waals surface area contributed by atoms with Crippen LogP contribution in [-0.4, -0.2) is 42.7 Å². The van der Waals surface area contributed by atoms with Gasteiger partial charge in [-0.1, -0.05) is 0 Å². The van der Waals surface area contributed by atoms with Gasteiger partial charge >= 0.3 is 0 Å². The van der Waals surface area contributed by atoms with Crippen molar-refractivity contribution in [3.8, 4) is 0 Å². The molecule has 0 radical (unpaired) electrons. The molecule has 0 aromatic carbocycles. The summed E-state index contributed by atoms with van der Waals surface area (Å²) in [4.78, 5) is 11.1. The Labute approximate surface area is 121 Å². The molecule has 2 saturated heterocycles. The maximum atomic E-state index is 4.42. The largest absolute Gasteiger partial charge is 0.370 e. The standard InChI is InChI=1S/C15H25N5/c1-2-7-20(8-3-1)15-9-14(18-12-19-15)17-11-13-5-4-6-16-10-13/h9,12-13,16H,1-8,10-11H2,(H,17,18,19). The van der Waals surface area contributed by atoms with E-state index in [4.69, 9.17) is 0 Å². The maximum Gasteiger partial charge on any atom is 0.134 e. The van der Waals surface area contributed by atoms with Gasteiger partial charge in [-0.3, -0.25) is 0 Å². The molecule has 0 saturated carbocycles. The molecular formula is C15H25N5. The molecule has 0 spiro atoms. The first-order valence-corrected chi connectivity index (χ1v) is 7.93. The summed E-state index contributed by atoms with van der Waals surface area (Å²) in [7, 11) is 0. The number of hydrogen-bond acceptors (Lipinski definition) is 5. The molecule has 2 aliphatic heterocycles. The van der Waals surface area contributed by atoms with Crippen LogP contribution in [-0.2, 0) is 0 Å². The molecular weight excluding hydrogens is 250 g/mol. The third kappa shape index (κ3) is 3.60. The second-order valence-corrected chi connectivity index (χ2v) is 5.90. The Morgan fingerprint density at radius 3 is 2.90 bits per heavy atom. The molecule has 5 nitrogen and oxygen atoms in total. The number of rotatable bonds is 4. The molecule has 2 fully saturated rings. The highest BCUT2D eigenvalue weighted by molar-refractivity contribution is 5.48. The second-order valence-electron chi connectivity index (χ2n) is 5.90. The average Bonchev–Trinajstić information content (AvgIpc) is 2.55. The lowest BCUT2D eigenvalue weighted by molar-refractivity contribution is 0.392. The fourth-order valence-electron chi connectivity index (χ4n) is 3.09. The van der Waals surface area contributed by atoms with Crippen molar-refractivity contribution in [2.24, 2.45) is 5.92 Å². The van der Waals surface area contributed by atoms with Crippen LogP contribution in [0.1, 0.15) is 32.1 Å². The van der Waals surface area contributed by atoms with Gasteiger partial charge in [0.25, 0.3) is 0 Å². The van der Waals surface area contributed by atoms with Crippen molar-refractivity contribution in [1.82, 2.24) is 15.3 Å². The fourth-order valence-corrected chi connectivity index (χ4v) is 3.09. The fraction of sp³-hybridized carbons (Fsp3) is 0.733. The minimum atomic E-state index is 0.720. The zero-order valence-electron chi connectivity index (χ0n) is 12.1. The molecule has 5 heteroatoms. The maximum absolute atomic E-state index is 4.42. The first kappa shape index (κ1) is 13.6. The third-order valence-corrected chi connectivity index (χ3v) is 4.30. The second kappa shape index (κ2) is 6.88. The Morgan fingerprint density at radius 1 is 1.20 bits per heavy atom. The van der Waals surface area contributed by atoms with Crippen molar-refractivity contribution in [3.05, 3.63) is 12.4 Å². The molecule has 2 aliphatic rings. The molecule has 1 aromatic rings. The molecule has 3 rings (SSSR count). The van der Waals surface area contributed by atoms with Crippen LogP contribution in [0.15, 0.2) is 12.4 Å². The zero-order valence-corrected chi connectivity index (χ0v) is 12.1. The van der Waals surface area contributed by atoms with Crippen LogP contribution in [0.4, 0.5) is 11.6 Å². The molecule has 0 bridgehead atoms. The summed E-state index contributed by atoms with van der Waals surface area (Å²) >= 11 is 0. The van der Waals surface area contributed by atoms with Gasteiger partial charge in [0.15, 0.2) is 0 Å². The van der Waals surface area contributed by atoms with E-state index >= 15 is 0 Å². The van der Waals surface area contributed by atoms with Crippen LogP contribution in [0, 0.1) is 5.92 Å². The van der Waals surface area contributed by atoms with Crippen molar-refractivity contribution in [1.29, 1.82) is 0 Å². The van der Waals surface area contributed by atoms with Gasteiger partial charge in [0.1, 0.15) is 18.0 Å². The van der Waals surface area contributed by atoms with Crippen LogP contribution >= 0.6 is 0 Å². The van der Waals surface area contributed by atoms with E-state index in [9.17, 15) is 0 Å². The Bertz CT molecular complexity index is 410. The van der Waals surface area contributed by atoms with Gasteiger partial charge in [-0.2, -0.15) is 0 Å².